The Bertz CT molecular complexity index is 198. The summed E-state index contributed by atoms with van der Waals surface area (Å²) in [6.45, 7) is 7.49. The molecule has 3 atom stereocenters. The molecule has 17 heavy (non-hydrogen) atoms. The van der Waals surface area contributed by atoms with Crippen molar-refractivity contribution in [3.8, 4) is 0 Å². The molecule has 0 aromatic heterocycles. The summed E-state index contributed by atoms with van der Waals surface area (Å²) in [5.41, 5.74) is 0. The molecule has 100 valence electrons. The second kappa shape index (κ2) is 13.0. The maximum absolute atomic E-state index is 9.76. The van der Waals surface area contributed by atoms with E-state index >= 15 is 0 Å². The van der Waals surface area contributed by atoms with Gasteiger partial charge in [-0.3, -0.25) is 0 Å². The summed E-state index contributed by atoms with van der Waals surface area (Å²) in [6, 6.07) is 0. The van der Waals surface area contributed by atoms with E-state index in [0.29, 0.717) is 13.2 Å². The number of hydrogen-bond acceptors (Lipinski definition) is 6. The van der Waals surface area contributed by atoms with Gasteiger partial charge < -0.3 is 30.0 Å². The van der Waals surface area contributed by atoms with E-state index in [2.05, 4.69) is 13.2 Å². The van der Waals surface area contributed by atoms with Gasteiger partial charge in [0.2, 0.25) is 0 Å². The molecular formula is C11H20O6. The molecule has 0 amide bonds. The molecule has 0 saturated carbocycles. The predicted octanol–water partition coefficient (Wildman–Crippen LogP) is -1.36. The van der Waals surface area contributed by atoms with Crippen LogP contribution in [0.2, 0.25) is 0 Å². The van der Waals surface area contributed by atoms with Crippen molar-refractivity contribution in [3.05, 3.63) is 25.3 Å². The molecule has 0 aliphatic heterocycles. The Labute approximate surface area is 100 Å². The van der Waals surface area contributed by atoms with Crippen molar-refractivity contribution in [2.45, 2.75) is 18.3 Å². The van der Waals surface area contributed by atoms with E-state index in [0.717, 1.165) is 0 Å². The lowest BCUT2D eigenvalue weighted by Gasteiger charge is -2.16. The monoisotopic (exact) mass is 248 g/mol. The zero-order chi connectivity index (χ0) is 13.7. The van der Waals surface area contributed by atoms with Crippen molar-refractivity contribution >= 4 is 6.29 Å². The number of carbonyl (C=O) groups excluding carboxylic acids is 1. The second-order valence-corrected chi connectivity index (χ2v) is 2.98. The first kappa shape index (κ1) is 18.3. The maximum atomic E-state index is 9.76. The molecule has 0 aliphatic carbocycles. The number of aldehydes is 1. The van der Waals surface area contributed by atoms with Crippen molar-refractivity contribution in [2.24, 2.45) is 0 Å². The van der Waals surface area contributed by atoms with Crippen LogP contribution in [-0.4, -0.2) is 64.8 Å². The van der Waals surface area contributed by atoms with E-state index in [1.165, 1.54) is 0 Å². The van der Waals surface area contributed by atoms with Crippen molar-refractivity contribution in [1.29, 1.82) is 0 Å². The second-order valence-electron chi connectivity index (χ2n) is 2.98. The minimum absolute atomic E-state index is 0.0869. The number of carbonyl (C=O) groups is 1. The van der Waals surface area contributed by atoms with E-state index in [4.69, 9.17) is 25.2 Å². The van der Waals surface area contributed by atoms with E-state index in [9.17, 15) is 4.79 Å². The Hall–Kier alpha value is -1.05. The van der Waals surface area contributed by atoms with Gasteiger partial charge in [-0.05, 0) is 0 Å². The van der Waals surface area contributed by atoms with Gasteiger partial charge in [0.25, 0.3) is 0 Å². The van der Waals surface area contributed by atoms with Crippen molar-refractivity contribution in [2.75, 3.05) is 19.8 Å². The van der Waals surface area contributed by atoms with Gasteiger partial charge in [-0.1, -0.05) is 12.2 Å². The summed E-state index contributed by atoms with van der Waals surface area (Å²) in [7, 11) is 0. The van der Waals surface area contributed by atoms with Crippen LogP contribution in [-0.2, 0) is 9.53 Å². The maximum Gasteiger partial charge on any atom is 0.151 e. The van der Waals surface area contributed by atoms with Gasteiger partial charge in [-0.25, -0.2) is 0 Å². The lowest BCUT2D eigenvalue weighted by Crippen LogP contribution is -2.40. The molecule has 0 spiro atoms. The summed E-state index contributed by atoms with van der Waals surface area (Å²) in [5, 5.41) is 34.1. The fourth-order valence-corrected chi connectivity index (χ4v) is 0.651. The Morgan fingerprint density at radius 2 is 1.59 bits per heavy atom. The van der Waals surface area contributed by atoms with Crippen LogP contribution in [0.15, 0.2) is 25.3 Å². The molecule has 0 heterocycles. The smallest absolute Gasteiger partial charge is 0.151 e. The quantitative estimate of drug-likeness (QED) is 0.240. The van der Waals surface area contributed by atoms with Gasteiger partial charge in [-0.2, -0.15) is 0 Å². The number of ether oxygens (including phenoxy) is 1. The molecule has 0 fully saturated rings. The SMILES string of the molecule is C=CCOCC=C.O=CC(O)C(O)C(O)CO. The topological polar surface area (TPSA) is 107 Å². The van der Waals surface area contributed by atoms with Crippen LogP contribution < -0.4 is 0 Å². The zero-order valence-corrected chi connectivity index (χ0v) is 9.60. The molecule has 0 aromatic carbocycles. The molecule has 0 bridgehead atoms. The molecule has 4 N–H and O–H groups in total. The molecule has 0 rings (SSSR count). The summed E-state index contributed by atoms with van der Waals surface area (Å²) in [4.78, 5) is 9.76. The van der Waals surface area contributed by atoms with Gasteiger partial charge in [0.1, 0.15) is 18.3 Å². The highest BCUT2D eigenvalue weighted by atomic mass is 16.5. The average molecular weight is 248 g/mol. The van der Waals surface area contributed by atoms with Crippen LogP contribution in [0.5, 0.6) is 0 Å². The Balaban J connectivity index is 0. The van der Waals surface area contributed by atoms with Crippen molar-refractivity contribution in [1.82, 2.24) is 0 Å². The molecule has 6 nitrogen and oxygen atoms in total. The van der Waals surface area contributed by atoms with Gasteiger partial charge >= 0.3 is 0 Å². The molecule has 3 unspecified atom stereocenters. The van der Waals surface area contributed by atoms with Crippen LogP contribution in [0.4, 0.5) is 0 Å². The normalized spacial score (nSPS) is 14.8. The van der Waals surface area contributed by atoms with Gasteiger partial charge in [0.05, 0.1) is 19.8 Å². The average Bonchev–Trinajstić information content (AvgIpc) is 2.37. The summed E-state index contributed by atoms with van der Waals surface area (Å²) in [6.07, 6.45) is -1.21. The van der Waals surface area contributed by atoms with E-state index < -0.39 is 24.9 Å². The molecule has 0 aromatic rings. The van der Waals surface area contributed by atoms with Crippen molar-refractivity contribution in [3.63, 3.8) is 0 Å². The van der Waals surface area contributed by atoms with Gasteiger partial charge in [0.15, 0.2) is 6.29 Å². The Morgan fingerprint density at radius 1 is 1.12 bits per heavy atom. The van der Waals surface area contributed by atoms with Gasteiger partial charge in [0, 0.05) is 0 Å². The van der Waals surface area contributed by atoms with E-state index in [1.807, 2.05) is 0 Å². The molecule has 0 saturated heterocycles. The summed E-state index contributed by atoms with van der Waals surface area (Å²) < 4.78 is 4.90. The molecular weight excluding hydrogens is 228 g/mol. The van der Waals surface area contributed by atoms with Crippen LogP contribution in [0.3, 0.4) is 0 Å². The van der Waals surface area contributed by atoms with Crippen molar-refractivity contribution < 1.29 is 30.0 Å². The number of aliphatic hydroxyl groups excluding tert-OH is 4. The third kappa shape index (κ3) is 11.2. The third-order valence-corrected chi connectivity index (χ3v) is 1.54. The van der Waals surface area contributed by atoms with E-state index in [1.54, 1.807) is 12.2 Å². The first-order valence-electron chi connectivity index (χ1n) is 4.95. The minimum Gasteiger partial charge on any atom is -0.394 e. The summed E-state index contributed by atoms with van der Waals surface area (Å²) >= 11 is 0. The first-order valence-corrected chi connectivity index (χ1v) is 4.95. The highest BCUT2D eigenvalue weighted by molar-refractivity contribution is 5.56. The van der Waals surface area contributed by atoms with E-state index in [-0.39, 0.29) is 6.29 Å². The largest absolute Gasteiger partial charge is 0.394 e. The lowest BCUT2D eigenvalue weighted by atomic mass is 10.1. The van der Waals surface area contributed by atoms with Crippen LogP contribution in [0.1, 0.15) is 0 Å². The third-order valence-electron chi connectivity index (χ3n) is 1.54. The van der Waals surface area contributed by atoms with Crippen LogP contribution in [0, 0.1) is 0 Å². The van der Waals surface area contributed by atoms with Crippen LogP contribution in [0.25, 0.3) is 0 Å². The zero-order valence-electron chi connectivity index (χ0n) is 9.60. The fraction of sp³-hybridized carbons (Fsp3) is 0.545. The summed E-state index contributed by atoms with van der Waals surface area (Å²) in [5.74, 6) is 0. The fourth-order valence-electron chi connectivity index (χ4n) is 0.651. The van der Waals surface area contributed by atoms with Gasteiger partial charge in [-0.15, -0.1) is 13.2 Å². The molecule has 6 heteroatoms. The number of aliphatic hydroxyl groups is 4. The molecule has 0 aliphatic rings. The predicted molar refractivity (Wildman–Crippen MR) is 62.4 cm³/mol. The first-order chi connectivity index (χ1) is 8.04. The number of rotatable bonds is 8. The molecule has 0 radical (unpaired) electrons. The minimum atomic E-state index is -1.64. The van der Waals surface area contributed by atoms with Crippen LogP contribution >= 0.6 is 0 Å². The highest BCUT2D eigenvalue weighted by Gasteiger charge is 2.22. The standard InChI is InChI=1S/C6H10O.C5H10O5/c1-3-5-7-6-4-2;6-1-3(8)5(10)4(9)2-7/h3-4H,1-2,5-6H2;1,3-5,7-10H,2H2. The lowest BCUT2D eigenvalue weighted by molar-refractivity contribution is -0.127. The highest BCUT2D eigenvalue weighted by Crippen LogP contribution is 1.96. The number of hydrogen-bond donors (Lipinski definition) is 4. The Morgan fingerprint density at radius 3 is 1.88 bits per heavy atom. The Kier molecular flexibility index (Phi) is 14.0.